The fourth-order valence-corrected chi connectivity index (χ4v) is 2.81. The largest absolute Gasteiger partial charge is 0.367 e. The molecule has 19 heavy (non-hydrogen) atoms. The van der Waals surface area contributed by atoms with Gasteiger partial charge in [0.1, 0.15) is 11.5 Å². The third-order valence-electron chi connectivity index (χ3n) is 4.00. The van der Waals surface area contributed by atoms with Crippen LogP contribution in [0.1, 0.15) is 39.2 Å². The predicted octanol–water partition coefficient (Wildman–Crippen LogP) is 2.83. The monoisotopic (exact) mass is 259 g/mol. The van der Waals surface area contributed by atoms with Gasteiger partial charge in [-0.25, -0.2) is 9.67 Å². The predicted molar refractivity (Wildman–Crippen MR) is 76.1 cm³/mol. The lowest BCUT2D eigenvalue weighted by atomic mass is 10.0. The molecule has 0 spiro atoms. The number of anilines is 1. The molecule has 0 fully saturated rings. The maximum atomic E-state index is 4.75. The first-order chi connectivity index (χ1) is 9.22. The number of fused-ring (bicyclic) bond motifs is 1. The van der Waals surface area contributed by atoms with Crippen molar-refractivity contribution in [3.63, 3.8) is 0 Å². The van der Waals surface area contributed by atoms with E-state index in [4.69, 9.17) is 5.10 Å². The van der Waals surface area contributed by atoms with Gasteiger partial charge in [-0.1, -0.05) is 13.8 Å². The molecule has 0 saturated heterocycles. The summed E-state index contributed by atoms with van der Waals surface area (Å²) in [5, 5.41) is 8.32. The van der Waals surface area contributed by atoms with Crippen molar-refractivity contribution < 1.29 is 0 Å². The van der Waals surface area contributed by atoms with Crippen molar-refractivity contribution in [3.8, 4) is 11.5 Å². The number of nitrogens with one attached hydrogen (secondary N) is 1. The van der Waals surface area contributed by atoms with Crippen LogP contribution in [-0.2, 0) is 7.05 Å². The molecule has 0 aromatic carbocycles. The summed E-state index contributed by atoms with van der Waals surface area (Å²) in [7, 11) is 2.00. The standard InChI is InChI=1S/C14H21N5/c1-4-10-8-11(5-2)19-13(16-10)9-12(17-19)14-15-6-7-18(14)3/h6-7,9-11,16H,4-5,8H2,1-3H3. The fourth-order valence-electron chi connectivity index (χ4n) is 2.81. The molecule has 0 radical (unpaired) electrons. The SMILES string of the molecule is CCC1CC(CC)n2nc(-c3nccn3C)cc2N1. The third kappa shape index (κ3) is 2.03. The van der Waals surface area contributed by atoms with E-state index in [1.807, 2.05) is 24.0 Å². The summed E-state index contributed by atoms with van der Waals surface area (Å²) in [6.07, 6.45) is 7.19. The lowest BCUT2D eigenvalue weighted by molar-refractivity contribution is 0.363. The van der Waals surface area contributed by atoms with E-state index in [2.05, 4.69) is 34.9 Å². The lowest BCUT2D eigenvalue weighted by Gasteiger charge is -2.31. The molecule has 2 aromatic heterocycles. The molecule has 3 rings (SSSR count). The third-order valence-corrected chi connectivity index (χ3v) is 4.00. The molecule has 2 aromatic rings. The quantitative estimate of drug-likeness (QED) is 0.922. The minimum absolute atomic E-state index is 0.496. The number of rotatable bonds is 3. The Labute approximate surface area is 113 Å². The van der Waals surface area contributed by atoms with Crippen molar-refractivity contribution in [3.05, 3.63) is 18.5 Å². The Hall–Kier alpha value is -1.78. The number of imidazole rings is 1. The summed E-state index contributed by atoms with van der Waals surface area (Å²) in [6, 6.07) is 3.17. The van der Waals surface area contributed by atoms with Crippen LogP contribution in [0.4, 0.5) is 5.82 Å². The van der Waals surface area contributed by atoms with Gasteiger partial charge in [-0.15, -0.1) is 0 Å². The molecule has 0 aliphatic carbocycles. The highest BCUT2D eigenvalue weighted by molar-refractivity contribution is 5.57. The minimum atomic E-state index is 0.496. The summed E-state index contributed by atoms with van der Waals surface area (Å²) in [4.78, 5) is 4.38. The molecule has 1 aliphatic heterocycles. The number of aryl methyl sites for hydroxylation is 1. The average molecular weight is 259 g/mol. The van der Waals surface area contributed by atoms with E-state index in [9.17, 15) is 0 Å². The Kier molecular flexibility index (Phi) is 3.05. The van der Waals surface area contributed by atoms with Crippen molar-refractivity contribution in [1.82, 2.24) is 19.3 Å². The van der Waals surface area contributed by atoms with Gasteiger partial charge in [-0.05, 0) is 19.3 Å². The number of nitrogens with zero attached hydrogens (tertiary/aromatic N) is 4. The Morgan fingerprint density at radius 2 is 2.21 bits per heavy atom. The van der Waals surface area contributed by atoms with Gasteiger partial charge < -0.3 is 9.88 Å². The Balaban J connectivity index is 2.00. The molecule has 2 atom stereocenters. The highest BCUT2D eigenvalue weighted by Gasteiger charge is 2.26. The Morgan fingerprint density at radius 3 is 2.84 bits per heavy atom. The van der Waals surface area contributed by atoms with Crippen LogP contribution in [0.3, 0.4) is 0 Å². The summed E-state index contributed by atoms with van der Waals surface area (Å²) >= 11 is 0. The molecule has 2 unspecified atom stereocenters. The van der Waals surface area contributed by atoms with E-state index in [0.717, 1.165) is 36.6 Å². The molecule has 1 aliphatic rings. The van der Waals surface area contributed by atoms with E-state index in [1.54, 1.807) is 0 Å². The zero-order valence-corrected chi connectivity index (χ0v) is 11.8. The first kappa shape index (κ1) is 12.3. The average Bonchev–Trinajstić information content (AvgIpc) is 3.02. The van der Waals surface area contributed by atoms with Crippen LogP contribution < -0.4 is 5.32 Å². The Bertz CT molecular complexity index is 568. The molecule has 0 amide bonds. The van der Waals surface area contributed by atoms with Crippen molar-refractivity contribution in [1.29, 1.82) is 0 Å². The van der Waals surface area contributed by atoms with Crippen LogP contribution in [0.2, 0.25) is 0 Å². The molecule has 5 heteroatoms. The normalized spacial score (nSPS) is 22.1. The number of hydrogen-bond acceptors (Lipinski definition) is 3. The minimum Gasteiger partial charge on any atom is -0.367 e. The smallest absolute Gasteiger partial charge is 0.160 e. The van der Waals surface area contributed by atoms with E-state index < -0.39 is 0 Å². The van der Waals surface area contributed by atoms with Crippen LogP contribution in [0.5, 0.6) is 0 Å². The van der Waals surface area contributed by atoms with Crippen molar-refractivity contribution >= 4 is 5.82 Å². The molecule has 1 N–H and O–H groups in total. The van der Waals surface area contributed by atoms with Crippen LogP contribution in [0.15, 0.2) is 18.5 Å². The van der Waals surface area contributed by atoms with E-state index in [0.29, 0.717) is 12.1 Å². The maximum Gasteiger partial charge on any atom is 0.160 e. The molecule has 5 nitrogen and oxygen atoms in total. The molecule has 0 bridgehead atoms. The van der Waals surface area contributed by atoms with Gasteiger partial charge >= 0.3 is 0 Å². The van der Waals surface area contributed by atoms with Crippen LogP contribution >= 0.6 is 0 Å². The van der Waals surface area contributed by atoms with Crippen molar-refractivity contribution in [2.45, 2.75) is 45.2 Å². The molecule has 102 valence electrons. The maximum absolute atomic E-state index is 4.75. The van der Waals surface area contributed by atoms with Crippen LogP contribution in [-0.4, -0.2) is 25.4 Å². The van der Waals surface area contributed by atoms with Gasteiger partial charge in [0.15, 0.2) is 5.82 Å². The van der Waals surface area contributed by atoms with Gasteiger partial charge in [-0.3, -0.25) is 0 Å². The zero-order chi connectivity index (χ0) is 13.4. The second-order valence-corrected chi connectivity index (χ2v) is 5.27. The summed E-state index contributed by atoms with van der Waals surface area (Å²) in [6.45, 7) is 4.46. The van der Waals surface area contributed by atoms with Gasteiger partial charge in [0, 0.05) is 31.5 Å². The number of aromatic nitrogens is 4. The highest BCUT2D eigenvalue weighted by atomic mass is 15.4. The van der Waals surface area contributed by atoms with Gasteiger partial charge in [0.25, 0.3) is 0 Å². The van der Waals surface area contributed by atoms with Gasteiger partial charge in [-0.2, -0.15) is 5.10 Å². The second-order valence-electron chi connectivity index (χ2n) is 5.27. The highest BCUT2D eigenvalue weighted by Crippen LogP contribution is 2.32. The molecular weight excluding hydrogens is 238 g/mol. The van der Waals surface area contributed by atoms with E-state index in [1.165, 1.54) is 0 Å². The first-order valence-electron chi connectivity index (χ1n) is 7.06. The van der Waals surface area contributed by atoms with E-state index >= 15 is 0 Å². The summed E-state index contributed by atoms with van der Waals surface area (Å²) in [5.41, 5.74) is 0.949. The topological polar surface area (TPSA) is 47.7 Å². The van der Waals surface area contributed by atoms with E-state index in [-0.39, 0.29) is 0 Å². The van der Waals surface area contributed by atoms with Crippen molar-refractivity contribution in [2.75, 3.05) is 5.32 Å². The molecular formula is C14H21N5. The second kappa shape index (κ2) is 4.72. The first-order valence-corrected chi connectivity index (χ1v) is 7.06. The van der Waals surface area contributed by atoms with Gasteiger partial charge in [0.05, 0.1) is 6.04 Å². The molecule has 0 saturated carbocycles. The van der Waals surface area contributed by atoms with Crippen molar-refractivity contribution in [2.24, 2.45) is 7.05 Å². The van der Waals surface area contributed by atoms with Crippen LogP contribution in [0.25, 0.3) is 11.5 Å². The molecule has 3 heterocycles. The Morgan fingerprint density at radius 1 is 1.37 bits per heavy atom. The van der Waals surface area contributed by atoms with Crippen LogP contribution in [0, 0.1) is 0 Å². The fraction of sp³-hybridized carbons (Fsp3) is 0.571. The number of hydrogen-bond donors (Lipinski definition) is 1. The summed E-state index contributed by atoms with van der Waals surface area (Å²) in [5.74, 6) is 2.05. The summed E-state index contributed by atoms with van der Waals surface area (Å²) < 4.78 is 4.14. The zero-order valence-electron chi connectivity index (χ0n) is 11.8. The lowest BCUT2D eigenvalue weighted by Crippen LogP contribution is -2.31. The van der Waals surface area contributed by atoms with Gasteiger partial charge in [0.2, 0.25) is 0 Å².